The summed E-state index contributed by atoms with van der Waals surface area (Å²) in [4.78, 5) is 6.70. The molecule has 0 bridgehead atoms. The Bertz CT molecular complexity index is 459. The Morgan fingerprint density at radius 1 is 1.32 bits per heavy atom. The third-order valence-corrected chi connectivity index (χ3v) is 3.13. The molecule has 0 saturated carbocycles. The van der Waals surface area contributed by atoms with Crippen LogP contribution in [0.4, 0.5) is 5.69 Å². The monoisotopic (exact) mass is 259 g/mol. The van der Waals surface area contributed by atoms with Crippen molar-refractivity contribution in [1.82, 2.24) is 4.90 Å². The first-order valence-electron chi connectivity index (χ1n) is 6.54. The highest BCUT2D eigenvalue weighted by atomic mass is 16.5. The van der Waals surface area contributed by atoms with Crippen LogP contribution in [-0.2, 0) is 11.3 Å². The van der Waals surface area contributed by atoms with E-state index in [-0.39, 0.29) is 0 Å². The van der Waals surface area contributed by atoms with Crippen LogP contribution in [0.2, 0.25) is 0 Å². The summed E-state index contributed by atoms with van der Waals surface area (Å²) in [5, 5.41) is 0. The molecule has 2 N–H and O–H groups in total. The maximum absolute atomic E-state index is 5.76. The van der Waals surface area contributed by atoms with Crippen molar-refractivity contribution in [3.05, 3.63) is 42.0 Å². The van der Waals surface area contributed by atoms with E-state index in [2.05, 4.69) is 28.6 Å². The van der Waals surface area contributed by atoms with Gasteiger partial charge in [-0.05, 0) is 30.2 Å². The first kappa shape index (κ1) is 13.8. The average molecular weight is 259 g/mol. The smallest absolute Gasteiger partial charge is 0.126 e. The predicted molar refractivity (Wildman–Crippen MR) is 78.6 cm³/mol. The highest BCUT2D eigenvalue weighted by Crippen LogP contribution is 2.15. The highest BCUT2D eigenvalue weighted by molar-refractivity contribution is 5.97. The Hall–Kier alpha value is -1.65. The summed E-state index contributed by atoms with van der Waals surface area (Å²) < 4.78 is 5.34. The van der Waals surface area contributed by atoms with Crippen LogP contribution in [0.1, 0.15) is 12.5 Å². The van der Waals surface area contributed by atoms with Crippen molar-refractivity contribution in [1.29, 1.82) is 0 Å². The van der Waals surface area contributed by atoms with E-state index in [4.69, 9.17) is 10.5 Å². The van der Waals surface area contributed by atoms with Crippen molar-refractivity contribution in [2.75, 3.05) is 26.3 Å². The second kappa shape index (κ2) is 6.50. The van der Waals surface area contributed by atoms with Crippen LogP contribution in [0.3, 0.4) is 0 Å². The largest absolute Gasteiger partial charge is 0.383 e. The minimum atomic E-state index is 0.487. The Kier molecular flexibility index (Phi) is 4.71. The maximum atomic E-state index is 5.76. The van der Waals surface area contributed by atoms with Crippen molar-refractivity contribution in [2.45, 2.75) is 13.5 Å². The molecule has 1 aromatic rings. The molecular weight excluding hydrogens is 238 g/mol. The van der Waals surface area contributed by atoms with Crippen LogP contribution >= 0.6 is 0 Å². The molecular formula is C15H21N3O. The van der Waals surface area contributed by atoms with Crippen molar-refractivity contribution in [3.8, 4) is 0 Å². The number of ether oxygens (including phenoxy) is 1. The molecule has 0 aromatic heterocycles. The van der Waals surface area contributed by atoms with Gasteiger partial charge in [-0.3, -0.25) is 4.90 Å². The van der Waals surface area contributed by atoms with E-state index in [1.165, 1.54) is 5.56 Å². The topological polar surface area (TPSA) is 50.8 Å². The van der Waals surface area contributed by atoms with E-state index in [9.17, 15) is 0 Å². The molecule has 1 fully saturated rings. The molecule has 2 rings (SSSR count). The molecule has 4 heteroatoms. The summed E-state index contributed by atoms with van der Waals surface area (Å²) in [6.07, 6.45) is 0. The first-order chi connectivity index (χ1) is 9.15. The van der Waals surface area contributed by atoms with Gasteiger partial charge < -0.3 is 10.5 Å². The zero-order valence-corrected chi connectivity index (χ0v) is 11.4. The summed E-state index contributed by atoms with van der Waals surface area (Å²) in [7, 11) is 0. The van der Waals surface area contributed by atoms with E-state index >= 15 is 0 Å². The molecule has 0 atom stereocenters. The number of nitrogens with two attached hydrogens (primary N) is 1. The van der Waals surface area contributed by atoms with Crippen molar-refractivity contribution in [3.63, 3.8) is 0 Å². The van der Waals surface area contributed by atoms with E-state index in [1.54, 1.807) is 0 Å². The number of aliphatic imine (C=N–C) groups is 1. The molecule has 1 aromatic carbocycles. The lowest BCUT2D eigenvalue weighted by Gasteiger charge is -2.26. The number of morpholine rings is 1. The fourth-order valence-electron chi connectivity index (χ4n) is 1.93. The van der Waals surface area contributed by atoms with Gasteiger partial charge in [0.05, 0.1) is 18.9 Å². The number of benzene rings is 1. The van der Waals surface area contributed by atoms with Gasteiger partial charge in [0.15, 0.2) is 0 Å². The molecule has 0 unspecified atom stereocenters. The van der Waals surface area contributed by atoms with Crippen LogP contribution in [0.15, 0.2) is 41.4 Å². The Balaban J connectivity index is 1.98. The second-order valence-electron chi connectivity index (χ2n) is 4.83. The van der Waals surface area contributed by atoms with Crippen LogP contribution in [0.5, 0.6) is 0 Å². The molecule has 19 heavy (non-hydrogen) atoms. The van der Waals surface area contributed by atoms with Gasteiger partial charge >= 0.3 is 0 Å². The molecule has 0 amide bonds. The van der Waals surface area contributed by atoms with Gasteiger partial charge in [0.25, 0.3) is 0 Å². The number of hydrogen-bond donors (Lipinski definition) is 1. The van der Waals surface area contributed by atoms with Gasteiger partial charge in [0, 0.05) is 19.6 Å². The van der Waals surface area contributed by atoms with Crippen LogP contribution in [0, 0.1) is 0 Å². The predicted octanol–water partition coefficient (Wildman–Crippen LogP) is 2.08. The zero-order chi connectivity index (χ0) is 13.7. The Morgan fingerprint density at radius 3 is 2.53 bits per heavy atom. The molecule has 0 radical (unpaired) electrons. The fourth-order valence-corrected chi connectivity index (χ4v) is 1.93. The molecule has 1 aliphatic heterocycles. The van der Waals surface area contributed by atoms with E-state index in [1.807, 2.05) is 19.1 Å². The number of amidine groups is 1. The Labute approximate surface area is 114 Å². The highest BCUT2D eigenvalue weighted by Gasteiger charge is 2.10. The SMILES string of the molecule is C=C(C)C(N)=Nc1ccc(CN2CCOCC2)cc1. The van der Waals surface area contributed by atoms with Crippen LogP contribution < -0.4 is 5.73 Å². The number of rotatable bonds is 4. The Morgan fingerprint density at radius 2 is 1.95 bits per heavy atom. The van der Waals surface area contributed by atoms with Crippen molar-refractivity contribution in [2.24, 2.45) is 10.7 Å². The summed E-state index contributed by atoms with van der Waals surface area (Å²) in [6.45, 7) is 10.3. The molecule has 0 spiro atoms. The number of hydrogen-bond acceptors (Lipinski definition) is 3. The lowest BCUT2D eigenvalue weighted by Crippen LogP contribution is -2.35. The number of nitrogens with zero attached hydrogens (tertiary/aromatic N) is 2. The lowest BCUT2D eigenvalue weighted by molar-refractivity contribution is 0.0342. The van der Waals surface area contributed by atoms with Gasteiger partial charge in [-0.1, -0.05) is 18.7 Å². The molecule has 1 heterocycles. The second-order valence-corrected chi connectivity index (χ2v) is 4.83. The van der Waals surface area contributed by atoms with Gasteiger partial charge in [0.1, 0.15) is 5.84 Å². The van der Waals surface area contributed by atoms with E-state index in [0.717, 1.165) is 44.1 Å². The van der Waals surface area contributed by atoms with Crippen LogP contribution in [0.25, 0.3) is 0 Å². The average Bonchev–Trinajstić information content (AvgIpc) is 2.42. The molecule has 4 nitrogen and oxygen atoms in total. The van der Waals surface area contributed by atoms with Gasteiger partial charge in [-0.2, -0.15) is 0 Å². The first-order valence-corrected chi connectivity index (χ1v) is 6.54. The zero-order valence-electron chi connectivity index (χ0n) is 11.4. The summed E-state index contributed by atoms with van der Waals surface area (Å²) in [5.74, 6) is 0.487. The van der Waals surface area contributed by atoms with E-state index in [0.29, 0.717) is 5.84 Å². The molecule has 1 saturated heterocycles. The van der Waals surface area contributed by atoms with Gasteiger partial charge in [-0.25, -0.2) is 4.99 Å². The normalized spacial score (nSPS) is 17.4. The quantitative estimate of drug-likeness (QED) is 0.665. The van der Waals surface area contributed by atoms with Gasteiger partial charge in [-0.15, -0.1) is 0 Å². The van der Waals surface area contributed by atoms with Crippen LogP contribution in [-0.4, -0.2) is 37.0 Å². The summed E-state index contributed by atoms with van der Waals surface area (Å²) in [6, 6.07) is 8.18. The molecule has 102 valence electrons. The van der Waals surface area contributed by atoms with Crippen molar-refractivity contribution < 1.29 is 4.74 Å². The minimum Gasteiger partial charge on any atom is -0.383 e. The van der Waals surface area contributed by atoms with Gasteiger partial charge in [0.2, 0.25) is 0 Å². The summed E-state index contributed by atoms with van der Waals surface area (Å²) in [5.41, 5.74) is 8.71. The van der Waals surface area contributed by atoms with Crippen molar-refractivity contribution >= 4 is 11.5 Å². The summed E-state index contributed by atoms with van der Waals surface area (Å²) >= 11 is 0. The molecule has 0 aliphatic carbocycles. The van der Waals surface area contributed by atoms with E-state index < -0.39 is 0 Å². The standard InChI is InChI=1S/C15H21N3O/c1-12(2)15(16)17-14-5-3-13(4-6-14)11-18-7-9-19-10-8-18/h3-6H,1,7-11H2,2H3,(H2,16,17). The third kappa shape index (κ3) is 4.19. The fraction of sp³-hybridized carbons (Fsp3) is 0.400. The lowest BCUT2D eigenvalue weighted by atomic mass is 10.2. The molecule has 1 aliphatic rings. The minimum absolute atomic E-state index is 0.487. The maximum Gasteiger partial charge on any atom is 0.126 e. The third-order valence-electron chi connectivity index (χ3n) is 3.13.